The van der Waals surface area contributed by atoms with E-state index in [4.69, 9.17) is 4.74 Å². The van der Waals surface area contributed by atoms with Crippen LogP contribution in [0.1, 0.15) is 58.3 Å². The Morgan fingerprint density at radius 1 is 1.35 bits per heavy atom. The summed E-state index contributed by atoms with van der Waals surface area (Å²) >= 11 is 0. The second-order valence-corrected chi connectivity index (χ2v) is 5.32. The number of carbonyl (C=O) groups excluding carboxylic acids is 1. The summed E-state index contributed by atoms with van der Waals surface area (Å²) in [5, 5.41) is 2.95. The topological polar surface area (TPSA) is 38.3 Å². The van der Waals surface area contributed by atoms with Crippen molar-refractivity contribution in [1.82, 2.24) is 5.32 Å². The smallest absolute Gasteiger partial charge is 0.220 e. The number of ether oxygens (including phenoxy) is 1. The molecule has 1 N–H and O–H groups in total. The Hall–Kier alpha value is -0.570. The molecule has 0 aromatic heterocycles. The van der Waals surface area contributed by atoms with Crippen LogP contribution in [0.3, 0.4) is 0 Å². The molecular weight excluding hydrogens is 214 g/mol. The van der Waals surface area contributed by atoms with E-state index in [1.807, 2.05) is 6.92 Å². The maximum Gasteiger partial charge on any atom is 0.220 e. The number of carbonyl (C=O) groups is 1. The van der Waals surface area contributed by atoms with Gasteiger partial charge in [-0.05, 0) is 25.7 Å². The SMILES string of the molecule is COCC(C)NC(=O)CCCC1CCCCC1. The monoisotopic (exact) mass is 241 g/mol. The van der Waals surface area contributed by atoms with Gasteiger partial charge in [0.2, 0.25) is 5.91 Å². The Labute approximate surface area is 105 Å². The molecule has 1 saturated carbocycles. The number of hydrogen-bond donors (Lipinski definition) is 1. The van der Waals surface area contributed by atoms with Gasteiger partial charge in [-0.25, -0.2) is 0 Å². The molecule has 0 aromatic carbocycles. The van der Waals surface area contributed by atoms with Crippen molar-refractivity contribution < 1.29 is 9.53 Å². The lowest BCUT2D eigenvalue weighted by Gasteiger charge is -2.21. The van der Waals surface area contributed by atoms with Crippen molar-refractivity contribution in [1.29, 1.82) is 0 Å². The Kier molecular flexibility index (Phi) is 7.25. The summed E-state index contributed by atoms with van der Waals surface area (Å²) in [5.41, 5.74) is 0. The minimum atomic E-state index is 0.127. The minimum absolute atomic E-state index is 0.127. The number of rotatable bonds is 7. The normalized spacial score (nSPS) is 18.9. The Balaban J connectivity index is 2.03. The molecule has 1 rings (SSSR count). The molecule has 0 aromatic rings. The predicted octanol–water partition coefficient (Wildman–Crippen LogP) is 2.89. The number of hydrogen-bond acceptors (Lipinski definition) is 2. The highest BCUT2D eigenvalue weighted by Crippen LogP contribution is 2.27. The van der Waals surface area contributed by atoms with Crippen molar-refractivity contribution in [2.45, 2.75) is 64.3 Å². The highest BCUT2D eigenvalue weighted by Gasteiger charge is 2.14. The van der Waals surface area contributed by atoms with Gasteiger partial charge in [0.05, 0.1) is 6.61 Å². The molecule has 0 spiro atoms. The van der Waals surface area contributed by atoms with Gasteiger partial charge < -0.3 is 10.1 Å². The minimum Gasteiger partial charge on any atom is -0.383 e. The van der Waals surface area contributed by atoms with Gasteiger partial charge in [0.15, 0.2) is 0 Å². The van der Waals surface area contributed by atoms with Crippen LogP contribution in [0.4, 0.5) is 0 Å². The summed E-state index contributed by atoms with van der Waals surface area (Å²) in [6.45, 7) is 2.57. The molecule has 1 aliphatic rings. The zero-order chi connectivity index (χ0) is 12.5. The van der Waals surface area contributed by atoms with E-state index in [0.717, 1.165) is 12.3 Å². The quantitative estimate of drug-likeness (QED) is 0.744. The van der Waals surface area contributed by atoms with E-state index in [-0.39, 0.29) is 11.9 Å². The molecule has 3 heteroatoms. The van der Waals surface area contributed by atoms with Crippen molar-refractivity contribution >= 4 is 5.91 Å². The van der Waals surface area contributed by atoms with E-state index >= 15 is 0 Å². The van der Waals surface area contributed by atoms with Crippen LogP contribution < -0.4 is 5.32 Å². The van der Waals surface area contributed by atoms with Crippen LogP contribution in [0.2, 0.25) is 0 Å². The third-order valence-electron chi connectivity index (χ3n) is 3.57. The second kappa shape index (κ2) is 8.51. The first-order chi connectivity index (χ1) is 8.22. The number of amides is 1. The summed E-state index contributed by atoms with van der Waals surface area (Å²) in [7, 11) is 1.66. The van der Waals surface area contributed by atoms with Gasteiger partial charge in [-0.1, -0.05) is 32.1 Å². The molecule has 0 aliphatic heterocycles. The molecule has 100 valence electrons. The van der Waals surface area contributed by atoms with Crippen molar-refractivity contribution in [3.63, 3.8) is 0 Å². The van der Waals surface area contributed by atoms with E-state index in [0.29, 0.717) is 13.0 Å². The van der Waals surface area contributed by atoms with Crippen LogP contribution in [0.15, 0.2) is 0 Å². The van der Waals surface area contributed by atoms with Gasteiger partial charge in [0.1, 0.15) is 0 Å². The molecule has 17 heavy (non-hydrogen) atoms. The molecular formula is C14H27NO2. The third kappa shape index (κ3) is 6.67. The average molecular weight is 241 g/mol. The zero-order valence-corrected chi connectivity index (χ0v) is 11.3. The third-order valence-corrected chi connectivity index (χ3v) is 3.57. The molecule has 1 amide bonds. The first-order valence-corrected chi connectivity index (χ1v) is 7.00. The first-order valence-electron chi connectivity index (χ1n) is 7.00. The Bertz CT molecular complexity index is 212. The fourth-order valence-electron chi connectivity index (χ4n) is 2.67. The summed E-state index contributed by atoms with van der Waals surface area (Å²) < 4.78 is 4.99. The number of methoxy groups -OCH3 is 1. The highest BCUT2D eigenvalue weighted by molar-refractivity contribution is 5.76. The van der Waals surface area contributed by atoms with Gasteiger partial charge in [-0.3, -0.25) is 4.79 Å². The Morgan fingerprint density at radius 2 is 2.06 bits per heavy atom. The molecule has 0 bridgehead atoms. The van der Waals surface area contributed by atoms with Crippen molar-refractivity contribution in [3.8, 4) is 0 Å². The molecule has 0 radical (unpaired) electrons. The summed E-state index contributed by atoms with van der Waals surface area (Å²) in [6.07, 6.45) is 9.88. The van der Waals surface area contributed by atoms with Crippen molar-refractivity contribution in [2.75, 3.05) is 13.7 Å². The van der Waals surface area contributed by atoms with Crippen molar-refractivity contribution in [2.24, 2.45) is 5.92 Å². The average Bonchev–Trinajstić information content (AvgIpc) is 2.30. The summed E-state index contributed by atoms with van der Waals surface area (Å²) in [5.74, 6) is 1.05. The van der Waals surface area contributed by atoms with E-state index in [2.05, 4.69) is 5.32 Å². The van der Waals surface area contributed by atoms with Gasteiger partial charge in [-0.15, -0.1) is 0 Å². The maximum atomic E-state index is 11.6. The van der Waals surface area contributed by atoms with Crippen LogP contribution in [0.5, 0.6) is 0 Å². The van der Waals surface area contributed by atoms with Crippen LogP contribution in [-0.4, -0.2) is 25.7 Å². The second-order valence-electron chi connectivity index (χ2n) is 5.32. The fourth-order valence-corrected chi connectivity index (χ4v) is 2.67. The van der Waals surface area contributed by atoms with Gasteiger partial charge >= 0.3 is 0 Å². The summed E-state index contributed by atoms with van der Waals surface area (Å²) in [6, 6.07) is 0.127. The molecule has 1 aliphatic carbocycles. The lowest BCUT2D eigenvalue weighted by atomic mass is 9.86. The molecule has 3 nitrogen and oxygen atoms in total. The van der Waals surface area contributed by atoms with Gasteiger partial charge in [0.25, 0.3) is 0 Å². The zero-order valence-electron chi connectivity index (χ0n) is 11.3. The highest BCUT2D eigenvalue weighted by atomic mass is 16.5. The van der Waals surface area contributed by atoms with Crippen LogP contribution in [0, 0.1) is 5.92 Å². The summed E-state index contributed by atoms with van der Waals surface area (Å²) in [4.78, 5) is 11.6. The predicted molar refractivity (Wildman–Crippen MR) is 69.9 cm³/mol. The van der Waals surface area contributed by atoms with E-state index in [9.17, 15) is 4.79 Å². The number of nitrogens with one attached hydrogen (secondary N) is 1. The molecule has 1 atom stereocenters. The van der Waals surface area contributed by atoms with Crippen LogP contribution >= 0.6 is 0 Å². The van der Waals surface area contributed by atoms with Crippen LogP contribution in [0.25, 0.3) is 0 Å². The standard InChI is InChI=1S/C14H27NO2/c1-12(11-17-2)15-14(16)10-6-9-13-7-4-3-5-8-13/h12-13H,3-11H2,1-2H3,(H,15,16). The fraction of sp³-hybridized carbons (Fsp3) is 0.929. The van der Waals surface area contributed by atoms with E-state index in [1.54, 1.807) is 7.11 Å². The van der Waals surface area contributed by atoms with Crippen LogP contribution in [-0.2, 0) is 9.53 Å². The lowest BCUT2D eigenvalue weighted by Crippen LogP contribution is -2.35. The molecule has 0 heterocycles. The molecule has 0 saturated heterocycles. The lowest BCUT2D eigenvalue weighted by molar-refractivity contribution is -0.122. The van der Waals surface area contributed by atoms with Gasteiger partial charge in [0, 0.05) is 19.6 Å². The van der Waals surface area contributed by atoms with Gasteiger partial charge in [-0.2, -0.15) is 0 Å². The largest absolute Gasteiger partial charge is 0.383 e. The maximum absolute atomic E-state index is 11.6. The van der Waals surface area contributed by atoms with E-state index < -0.39 is 0 Å². The van der Waals surface area contributed by atoms with E-state index in [1.165, 1.54) is 38.5 Å². The molecule has 1 fully saturated rings. The first kappa shape index (κ1) is 14.5. The Morgan fingerprint density at radius 3 is 2.71 bits per heavy atom. The molecule has 1 unspecified atom stereocenters. The van der Waals surface area contributed by atoms with Crippen molar-refractivity contribution in [3.05, 3.63) is 0 Å².